The zero-order valence-corrected chi connectivity index (χ0v) is 7.84. The average molecular weight is 173 g/mol. The summed E-state index contributed by atoms with van der Waals surface area (Å²) in [7, 11) is 1.72. The Balaban J connectivity index is 1.91. The minimum atomic E-state index is 0.440. The van der Waals surface area contributed by atoms with E-state index >= 15 is 0 Å². The SMILES string of the molecule is COCCCOC1CCCNC1. The molecule has 1 atom stereocenters. The lowest BCUT2D eigenvalue weighted by atomic mass is 10.1. The Morgan fingerprint density at radius 2 is 2.33 bits per heavy atom. The van der Waals surface area contributed by atoms with Crippen molar-refractivity contribution in [3.05, 3.63) is 0 Å². The lowest BCUT2D eigenvalue weighted by molar-refractivity contribution is 0.0259. The van der Waals surface area contributed by atoms with Gasteiger partial charge in [-0.05, 0) is 25.8 Å². The molecule has 3 nitrogen and oxygen atoms in total. The highest BCUT2D eigenvalue weighted by molar-refractivity contribution is 4.68. The largest absolute Gasteiger partial charge is 0.385 e. The third-order valence-electron chi connectivity index (χ3n) is 2.10. The Bertz CT molecular complexity index is 103. The number of hydrogen-bond acceptors (Lipinski definition) is 3. The van der Waals surface area contributed by atoms with E-state index in [2.05, 4.69) is 5.32 Å². The van der Waals surface area contributed by atoms with E-state index in [1.807, 2.05) is 0 Å². The molecule has 0 radical (unpaired) electrons. The van der Waals surface area contributed by atoms with E-state index in [1.54, 1.807) is 7.11 Å². The molecule has 0 aromatic carbocycles. The van der Waals surface area contributed by atoms with Crippen molar-refractivity contribution >= 4 is 0 Å². The van der Waals surface area contributed by atoms with Gasteiger partial charge in [-0.3, -0.25) is 0 Å². The van der Waals surface area contributed by atoms with Crippen molar-refractivity contribution in [3.63, 3.8) is 0 Å². The molecule has 0 spiro atoms. The summed E-state index contributed by atoms with van der Waals surface area (Å²) >= 11 is 0. The van der Waals surface area contributed by atoms with Crippen LogP contribution in [0.2, 0.25) is 0 Å². The second-order valence-electron chi connectivity index (χ2n) is 3.19. The quantitative estimate of drug-likeness (QED) is 0.624. The molecule has 1 unspecified atom stereocenters. The lowest BCUT2D eigenvalue weighted by Crippen LogP contribution is -2.35. The van der Waals surface area contributed by atoms with Crippen LogP contribution in [0.5, 0.6) is 0 Å². The molecule has 3 heteroatoms. The maximum absolute atomic E-state index is 5.64. The monoisotopic (exact) mass is 173 g/mol. The van der Waals surface area contributed by atoms with Crippen molar-refractivity contribution in [2.24, 2.45) is 0 Å². The summed E-state index contributed by atoms with van der Waals surface area (Å²) in [6, 6.07) is 0. The zero-order valence-electron chi connectivity index (χ0n) is 7.84. The first kappa shape index (κ1) is 9.96. The van der Waals surface area contributed by atoms with Gasteiger partial charge in [-0.1, -0.05) is 0 Å². The summed E-state index contributed by atoms with van der Waals surface area (Å²) < 4.78 is 10.6. The second kappa shape index (κ2) is 6.40. The van der Waals surface area contributed by atoms with Crippen molar-refractivity contribution < 1.29 is 9.47 Å². The Hall–Kier alpha value is -0.120. The van der Waals surface area contributed by atoms with Gasteiger partial charge in [-0.15, -0.1) is 0 Å². The first-order chi connectivity index (χ1) is 5.93. The van der Waals surface area contributed by atoms with E-state index in [9.17, 15) is 0 Å². The van der Waals surface area contributed by atoms with Crippen molar-refractivity contribution in [2.45, 2.75) is 25.4 Å². The maximum Gasteiger partial charge on any atom is 0.0699 e. The van der Waals surface area contributed by atoms with Crippen LogP contribution in [0, 0.1) is 0 Å². The van der Waals surface area contributed by atoms with E-state index < -0.39 is 0 Å². The van der Waals surface area contributed by atoms with E-state index in [0.717, 1.165) is 32.7 Å². The summed E-state index contributed by atoms with van der Waals surface area (Å²) in [6.45, 7) is 3.81. The summed E-state index contributed by atoms with van der Waals surface area (Å²) in [5.74, 6) is 0. The van der Waals surface area contributed by atoms with E-state index in [1.165, 1.54) is 12.8 Å². The van der Waals surface area contributed by atoms with Crippen LogP contribution in [-0.2, 0) is 9.47 Å². The smallest absolute Gasteiger partial charge is 0.0699 e. The number of ether oxygens (including phenoxy) is 2. The third-order valence-corrected chi connectivity index (χ3v) is 2.10. The molecule has 1 fully saturated rings. The van der Waals surface area contributed by atoms with Crippen molar-refractivity contribution in [3.8, 4) is 0 Å². The number of nitrogens with one attached hydrogen (secondary N) is 1. The fraction of sp³-hybridized carbons (Fsp3) is 1.00. The number of methoxy groups -OCH3 is 1. The first-order valence-electron chi connectivity index (χ1n) is 4.74. The zero-order chi connectivity index (χ0) is 8.65. The minimum absolute atomic E-state index is 0.440. The van der Waals surface area contributed by atoms with Crippen LogP contribution in [0.4, 0.5) is 0 Å². The highest BCUT2D eigenvalue weighted by atomic mass is 16.5. The molecule has 0 saturated carbocycles. The number of piperidine rings is 1. The topological polar surface area (TPSA) is 30.5 Å². The highest BCUT2D eigenvalue weighted by Gasteiger charge is 2.12. The van der Waals surface area contributed by atoms with Crippen molar-refractivity contribution in [1.82, 2.24) is 5.32 Å². The van der Waals surface area contributed by atoms with Crippen LogP contribution in [0.15, 0.2) is 0 Å². The van der Waals surface area contributed by atoms with Gasteiger partial charge in [-0.25, -0.2) is 0 Å². The van der Waals surface area contributed by atoms with Crippen LogP contribution in [0.25, 0.3) is 0 Å². The third kappa shape index (κ3) is 4.04. The molecule has 1 aliphatic rings. The molecule has 72 valence electrons. The number of hydrogen-bond donors (Lipinski definition) is 1. The van der Waals surface area contributed by atoms with Crippen LogP contribution < -0.4 is 5.32 Å². The van der Waals surface area contributed by atoms with E-state index in [4.69, 9.17) is 9.47 Å². The van der Waals surface area contributed by atoms with Gasteiger partial charge in [0.2, 0.25) is 0 Å². The van der Waals surface area contributed by atoms with Gasteiger partial charge < -0.3 is 14.8 Å². The molecule has 1 saturated heterocycles. The highest BCUT2D eigenvalue weighted by Crippen LogP contribution is 2.05. The van der Waals surface area contributed by atoms with Gasteiger partial charge in [0.05, 0.1) is 6.10 Å². The van der Waals surface area contributed by atoms with Crippen LogP contribution in [0.1, 0.15) is 19.3 Å². The molecule has 0 amide bonds. The van der Waals surface area contributed by atoms with Crippen molar-refractivity contribution in [2.75, 3.05) is 33.4 Å². The molecule has 1 aliphatic heterocycles. The van der Waals surface area contributed by atoms with Gasteiger partial charge in [0.1, 0.15) is 0 Å². The fourth-order valence-corrected chi connectivity index (χ4v) is 1.42. The average Bonchev–Trinajstić information content (AvgIpc) is 2.14. The second-order valence-corrected chi connectivity index (χ2v) is 3.19. The van der Waals surface area contributed by atoms with E-state index in [-0.39, 0.29) is 0 Å². The molecular weight excluding hydrogens is 154 g/mol. The minimum Gasteiger partial charge on any atom is -0.385 e. The molecule has 0 aromatic rings. The molecule has 1 heterocycles. The Morgan fingerprint density at radius 3 is 3.00 bits per heavy atom. The standard InChI is InChI=1S/C9H19NO2/c1-11-6-3-7-12-9-4-2-5-10-8-9/h9-10H,2-8H2,1H3. The van der Waals surface area contributed by atoms with Gasteiger partial charge >= 0.3 is 0 Å². The van der Waals surface area contributed by atoms with Crippen LogP contribution >= 0.6 is 0 Å². The normalized spacial score (nSPS) is 24.2. The molecule has 1 rings (SSSR count). The predicted molar refractivity (Wildman–Crippen MR) is 48.3 cm³/mol. The molecular formula is C9H19NO2. The van der Waals surface area contributed by atoms with Gasteiger partial charge in [-0.2, -0.15) is 0 Å². The summed E-state index contributed by atoms with van der Waals surface area (Å²) in [6.07, 6.45) is 3.90. The molecule has 0 bridgehead atoms. The molecule has 0 aliphatic carbocycles. The molecule has 0 aromatic heterocycles. The molecule has 12 heavy (non-hydrogen) atoms. The fourth-order valence-electron chi connectivity index (χ4n) is 1.42. The summed E-state index contributed by atoms with van der Waals surface area (Å²) in [4.78, 5) is 0. The summed E-state index contributed by atoms with van der Waals surface area (Å²) in [5.41, 5.74) is 0. The number of rotatable bonds is 5. The van der Waals surface area contributed by atoms with Gasteiger partial charge in [0.15, 0.2) is 0 Å². The van der Waals surface area contributed by atoms with E-state index in [0.29, 0.717) is 6.10 Å². The Kier molecular flexibility index (Phi) is 5.32. The molecule has 1 N–H and O–H groups in total. The Labute approximate surface area is 74.4 Å². The van der Waals surface area contributed by atoms with Gasteiger partial charge in [0, 0.05) is 26.9 Å². The maximum atomic E-state index is 5.64. The predicted octanol–water partition coefficient (Wildman–Crippen LogP) is 0.791. The van der Waals surface area contributed by atoms with Crippen LogP contribution in [0.3, 0.4) is 0 Å². The lowest BCUT2D eigenvalue weighted by Gasteiger charge is -2.22. The first-order valence-corrected chi connectivity index (χ1v) is 4.74. The van der Waals surface area contributed by atoms with Crippen molar-refractivity contribution in [1.29, 1.82) is 0 Å². The Morgan fingerprint density at radius 1 is 1.42 bits per heavy atom. The van der Waals surface area contributed by atoms with Crippen LogP contribution in [-0.4, -0.2) is 39.5 Å². The van der Waals surface area contributed by atoms with Gasteiger partial charge in [0.25, 0.3) is 0 Å². The summed E-state index contributed by atoms with van der Waals surface area (Å²) in [5, 5.41) is 3.32.